The molecule has 4 heterocycles. The lowest BCUT2D eigenvalue weighted by Crippen LogP contribution is -2.50. The highest BCUT2D eigenvalue weighted by atomic mass is 35.5. The van der Waals surface area contributed by atoms with Crippen LogP contribution in [0.25, 0.3) is 22.6 Å². The smallest absolute Gasteiger partial charge is 0.321 e. The summed E-state index contributed by atoms with van der Waals surface area (Å²) in [7, 11) is 0. The average Bonchev–Trinajstić information content (AvgIpc) is 3.22. The lowest BCUT2D eigenvalue weighted by atomic mass is 10.2. The molecule has 1 saturated heterocycles. The van der Waals surface area contributed by atoms with Gasteiger partial charge in [-0.15, -0.1) is 0 Å². The number of piperazine rings is 1. The van der Waals surface area contributed by atoms with Crippen LogP contribution >= 0.6 is 11.6 Å². The van der Waals surface area contributed by atoms with Gasteiger partial charge in [0, 0.05) is 74.1 Å². The standard InChI is InChI=1S/C24H24ClN7O/c25-19-3-1-4-20(17-19)28-24(33)31-14-11-30(12-15-31)13-16-32-22(18-6-9-26-10-7-18)29-21-5-2-8-27-23(21)32/h1-10,17H,11-16H2,(H,28,33). The zero-order valence-corrected chi connectivity index (χ0v) is 18.8. The number of amides is 2. The van der Waals surface area contributed by atoms with Gasteiger partial charge in [0.1, 0.15) is 11.3 Å². The molecule has 0 bridgehead atoms. The molecule has 2 amide bonds. The number of nitrogens with one attached hydrogen (secondary N) is 1. The van der Waals surface area contributed by atoms with E-state index in [1.165, 1.54) is 0 Å². The van der Waals surface area contributed by atoms with Crippen LogP contribution < -0.4 is 5.32 Å². The first-order chi connectivity index (χ1) is 16.2. The van der Waals surface area contributed by atoms with Crippen molar-refractivity contribution in [2.24, 2.45) is 0 Å². The van der Waals surface area contributed by atoms with E-state index in [1.807, 2.05) is 41.3 Å². The number of carbonyl (C=O) groups is 1. The minimum Gasteiger partial charge on any atom is -0.322 e. The maximum atomic E-state index is 12.6. The van der Waals surface area contributed by atoms with Crippen LogP contribution in [0.1, 0.15) is 0 Å². The molecule has 0 radical (unpaired) electrons. The summed E-state index contributed by atoms with van der Waals surface area (Å²) in [6, 6.07) is 14.9. The average molecular weight is 462 g/mol. The second kappa shape index (κ2) is 9.56. The monoisotopic (exact) mass is 461 g/mol. The molecule has 0 unspecified atom stereocenters. The largest absolute Gasteiger partial charge is 0.322 e. The van der Waals surface area contributed by atoms with Crippen molar-refractivity contribution in [3.8, 4) is 11.4 Å². The summed E-state index contributed by atoms with van der Waals surface area (Å²) >= 11 is 6.01. The number of pyridine rings is 2. The van der Waals surface area contributed by atoms with Gasteiger partial charge in [-0.2, -0.15) is 0 Å². The first kappa shape index (κ1) is 21.4. The third-order valence-corrected chi connectivity index (χ3v) is 6.05. The summed E-state index contributed by atoms with van der Waals surface area (Å²) < 4.78 is 2.17. The van der Waals surface area contributed by atoms with Crippen molar-refractivity contribution in [2.45, 2.75) is 6.54 Å². The molecule has 3 aromatic heterocycles. The van der Waals surface area contributed by atoms with Gasteiger partial charge in [0.25, 0.3) is 0 Å². The Bertz CT molecular complexity index is 1250. The van der Waals surface area contributed by atoms with E-state index >= 15 is 0 Å². The van der Waals surface area contributed by atoms with Crippen molar-refractivity contribution < 1.29 is 4.79 Å². The van der Waals surface area contributed by atoms with Crippen molar-refractivity contribution in [1.82, 2.24) is 29.3 Å². The normalized spacial score (nSPS) is 14.5. The van der Waals surface area contributed by atoms with Crippen molar-refractivity contribution in [2.75, 3.05) is 38.0 Å². The highest BCUT2D eigenvalue weighted by Crippen LogP contribution is 2.23. The number of benzene rings is 1. The molecular weight excluding hydrogens is 438 g/mol. The molecule has 9 heteroatoms. The molecule has 1 N–H and O–H groups in total. The van der Waals surface area contributed by atoms with E-state index < -0.39 is 0 Å². The third kappa shape index (κ3) is 4.81. The van der Waals surface area contributed by atoms with Gasteiger partial charge >= 0.3 is 6.03 Å². The van der Waals surface area contributed by atoms with Gasteiger partial charge < -0.3 is 14.8 Å². The van der Waals surface area contributed by atoms with Crippen molar-refractivity contribution >= 4 is 34.5 Å². The molecule has 0 atom stereocenters. The zero-order valence-electron chi connectivity index (χ0n) is 18.1. The van der Waals surface area contributed by atoms with Crippen molar-refractivity contribution in [3.63, 3.8) is 0 Å². The van der Waals surface area contributed by atoms with Crippen LogP contribution in [-0.4, -0.2) is 68.1 Å². The minimum absolute atomic E-state index is 0.0957. The first-order valence-electron chi connectivity index (χ1n) is 10.9. The number of urea groups is 1. The van der Waals surface area contributed by atoms with Crippen LogP contribution in [-0.2, 0) is 6.54 Å². The van der Waals surface area contributed by atoms with Crippen LogP contribution in [0.5, 0.6) is 0 Å². The highest BCUT2D eigenvalue weighted by Gasteiger charge is 2.22. The molecule has 1 aliphatic heterocycles. The van der Waals surface area contributed by atoms with E-state index in [1.54, 1.807) is 30.7 Å². The number of rotatable bonds is 5. The lowest BCUT2D eigenvalue weighted by molar-refractivity contribution is 0.145. The van der Waals surface area contributed by atoms with Crippen LogP contribution in [0, 0.1) is 0 Å². The van der Waals surface area contributed by atoms with Gasteiger partial charge in [-0.3, -0.25) is 9.88 Å². The second-order valence-electron chi connectivity index (χ2n) is 7.94. The SMILES string of the molecule is O=C(Nc1cccc(Cl)c1)N1CCN(CCn2c(-c3ccncc3)nc3cccnc32)CC1. The van der Waals surface area contributed by atoms with Crippen molar-refractivity contribution in [1.29, 1.82) is 0 Å². The molecule has 0 aliphatic carbocycles. The predicted octanol–water partition coefficient (Wildman–Crippen LogP) is 4.00. The maximum absolute atomic E-state index is 12.6. The molecule has 168 valence electrons. The van der Waals surface area contributed by atoms with E-state index in [4.69, 9.17) is 16.6 Å². The first-order valence-corrected chi connectivity index (χ1v) is 11.3. The van der Waals surface area contributed by atoms with Crippen molar-refractivity contribution in [3.05, 3.63) is 72.1 Å². The van der Waals surface area contributed by atoms with Crippen LogP contribution in [0.4, 0.5) is 10.5 Å². The summed E-state index contributed by atoms with van der Waals surface area (Å²) in [5, 5.41) is 3.53. The fourth-order valence-electron chi connectivity index (χ4n) is 4.08. The molecule has 0 saturated carbocycles. The Balaban J connectivity index is 1.22. The molecule has 8 nitrogen and oxygen atoms in total. The number of hydrogen-bond acceptors (Lipinski definition) is 5. The Labute approximate surface area is 196 Å². The molecular formula is C24H24ClN7O. The third-order valence-electron chi connectivity index (χ3n) is 5.82. The Hall–Kier alpha value is -3.49. The summed E-state index contributed by atoms with van der Waals surface area (Å²) in [4.78, 5) is 30.3. The Morgan fingerprint density at radius 2 is 1.79 bits per heavy atom. The Morgan fingerprint density at radius 3 is 2.58 bits per heavy atom. The van der Waals surface area contributed by atoms with Crippen LogP contribution in [0.3, 0.4) is 0 Å². The number of fused-ring (bicyclic) bond motifs is 1. The number of carbonyl (C=O) groups excluding carboxylic acids is 1. The zero-order chi connectivity index (χ0) is 22.6. The van der Waals surface area contributed by atoms with Gasteiger partial charge in [-0.1, -0.05) is 17.7 Å². The molecule has 1 fully saturated rings. The minimum atomic E-state index is -0.0957. The van der Waals surface area contributed by atoms with E-state index in [2.05, 4.69) is 24.8 Å². The molecule has 5 rings (SSSR count). The van der Waals surface area contributed by atoms with Gasteiger partial charge in [-0.05, 0) is 42.5 Å². The van der Waals surface area contributed by atoms with Gasteiger partial charge in [0.15, 0.2) is 5.65 Å². The van der Waals surface area contributed by atoms with E-state index in [0.29, 0.717) is 23.8 Å². The molecule has 1 aliphatic rings. The van der Waals surface area contributed by atoms with E-state index in [-0.39, 0.29) is 6.03 Å². The fraction of sp³-hybridized carbons (Fsp3) is 0.250. The van der Waals surface area contributed by atoms with Crippen LogP contribution in [0.2, 0.25) is 5.02 Å². The summed E-state index contributed by atoms with van der Waals surface area (Å²) in [5.74, 6) is 0.894. The van der Waals surface area contributed by atoms with Gasteiger partial charge in [-0.25, -0.2) is 14.8 Å². The second-order valence-corrected chi connectivity index (χ2v) is 8.37. The highest BCUT2D eigenvalue weighted by molar-refractivity contribution is 6.30. The molecule has 0 spiro atoms. The van der Waals surface area contributed by atoms with E-state index in [0.717, 1.165) is 48.7 Å². The number of halogens is 1. The summed E-state index contributed by atoms with van der Waals surface area (Å²) in [6.07, 6.45) is 5.36. The maximum Gasteiger partial charge on any atom is 0.321 e. The fourth-order valence-corrected chi connectivity index (χ4v) is 4.27. The van der Waals surface area contributed by atoms with E-state index in [9.17, 15) is 4.79 Å². The number of aromatic nitrogens is 4. The summed E-state index contributed by atoms with van der Waals surface area (Å²) in [6.45, 7) is 4.59. The predicted molar refractivity (Wildman–Crippen MR) is 129 cm³/mol. The van der Waals surface area contributed by atoms with Gasteiger partial charge in [0.05, 0.1) is 0 Å². The summed E-state index contributed by atoms with van der Waals surface area (Å²) in [5.41, 5.74) is 3.49. The molecule has 1 aromatic carbocycles. The van der Waals surface area contributed by atoms with Crippen LogP contribution in [0.15, 0.2) is 67.1 Å². The number of imidazole rings is 1. The topological polar surface area (TPSA) is 79.2 Å². The Kier molecular flexibility index (Phi) is 6.19. The number of anilines is 1. The number of nitrogens with zero attached hydrogens (tertiary/aromatic N) is 6. The molecule has 4 aromatic rings. The lowest BCUT2D eigenvalue weighted by Gasteiger charge is -2.34. The van der Waals surface area contributed by atoms with Gasteiger partial charge in [0.2, 0.25) is 0 Å². The molecule has 33 heavy (non-hydrogen) atoms. The quantitative estimate of drug-likeness (QED) is 0.486. The Morgan fingerprint density at radius 1 is 0.970 bits per heavy atom. The number of hydrogen-bond donors (Lipinski definition) is 1.